The first-order valence-corrected chi connectivity index (χ1v) is 11.3. The lowest BCUT2D eigenvalue weighted by molar-refractivity contribution is -0.139. The summed E-state index contributed by atoms with van der Waals surface area (Å²) in [5.74, 6) is 0.477. The number of amides is 1. The molecule has 4 aliphatic rings. The molecule has 4 nitrogen and oxygen atoms in total. The molecule has 3 fully saturated rings. The van der Waals surface area contributed by atoms with Crippen LogP contribution in [-0.4, -0.2) is 60.5 Å². The van der Waals surface area contributed by atoms with Gasteiger partial charge in [0.15, 0.2) is 0 Å². The van der Waals surface area contributed by atoms with Gasteiger partial charge in [0, 0.05) is 56.4 Å². The van der Waals surface area contributed by atoms with Gasteiger partial charge in [-0.15, -0.1) is 0 Å². The van der Waals surface area contributed by atoms with E-state index in [-0.39, 0.29) is 11.7 Å². The summed E-state index contributed by atoms with van der Waals surface area (Å²) >= 11 is 0. The van der Waals surface area contributed by atoms with Crippen LogP contribution in [-0.2, 0) is 11.2 Å². The van der Waals surface area contributed by atoms with Crippen molar-refractivity contribution in [3.05, 3.63) is 29.6 Å². The summed E-state index contributed by atoms with van der Waals surface area (Å²) in [6, 6.07) is 6.51. The Morgan fingerprint density at radius 1 is 0.893 bits per heavy atom. The van der Waals surface area contributed by atoms with Gasteiger partial charge in [-0.05, 0) is 68.7 Å². The summed E-state index contributed by atoms with van der Waals surface area (Å²) in [6.45, 7) is 4.95. The van der Waals surface area contributed by atoms with Crippen molar-refractivity contribution < 1.29 is 9.18 Å². The summed E-state index contributed by atoms with van der Waals surface area (Å²) in [7, 11) is 0. The third-order valence-corrected chi connectivity index (χ3v) is 7.68. The van der Waals surface area contributed by atoms with E-state index in [1.54, 1.807) is 12.1 Å². The van der Waals surface area contributed by atoms with Crippen LogP contribution in [0.25, 0.3) is 0 Å². The summed E-state index contributed by atoms with van der Waals surface area (Å²) < 4.78 is 13.5. The van der Waals surface area contributed by atoms with Gasteiger partial charge < -0.3 is 9.80 Å². The van der Waals surface area contributed by atoms with Crippen LogP contribution in [0.1, 0.15) is 50.5 Å². The molecule has 0 aromatic heterocycles. The zero-order valence-electron chi connectivity index (χ0n) is 16.8. The second kappa shape index (κ2) is 7.66. The van der Waals surface area contributed by atoms with Crippen molar-refractivity contribution >= 4 is 11.6 Å². The van der Waals surface area contributed by atoms with Crippen molar-refractivity contribution in [2.24, 2.45) is 5.92 Å². The molecule has 1 amide bonds. The van der Waals surface area contributed by atoms with Crippen LogP contribution >= 0.6 is 0 Å². The number of anilines is 1. The molecule has 5 heteroatoms. The normalized spacial score (nSPS) is 28.9. The van der Waals surface area contributed by atoms with Crippen molar-refractivity contribution in [2.75, 3.05) is 37.6 Å². The van der Waals surface area contributed by atoms with E-state index in [9.17, 15) is 9.18 Å². The van der Waals surface area contributed by atoms with E-state index in [0.717, 1.165) is 76.4 Å². The predicted octanol–water partition coefficient (Wildman–Crippen LogP) is 3.44. The first kappa shape index (κ1) is 18.4. The number of rotatable bonds is 3. The number of carbonyl (C=O) groups is 1. The van der Waals surface area contributed by atoms with E-state index in [1.165, 1.54) is 24.9 Å². The minimum atomic E-state index is -0.132. The maximum atomic E-state index is 13.5. The Morgan fingerprint density at radius 3 is 2.32 bits per heavy atom. The highest BCUT2D eigenvalue weighted by atomic mass is 19.1. The van der Waals surface area contributed by atoms with Crippen LogP contribution in [0.4, 0.5) is 10.1 Å². The Bertz CT molecular complexity index is 719. The number of piperazine rings is 1. The van der Waals surface area contributed by atoms with Gasteiger partial charge in [-0.3, -0.25) is 9.69 Å². The van der Waals surface area contributed by atoms with Gasteiger partial charge in [0.05, 0.1) is 0 Å². The van der Waals surface area contributed by atoms with Crippen LogP contribution in [0.2, 0.25) is 0 Å². The van der Waals surface area contributed by atoms with Crippen LogP contribution in [0.15, 0.2) is 18.2 Å². The molecule has 2 saturated carbocycles. The predicted molar refractivity (Wildman–Crippen MR) is 109 cm³/mol. The maximum Gasteiger partial charge on any atom is 0.225 e. The fraction of sp³-hybridized carbons (Fsp3) is 0.696. The topological polar surface area (TPSA) is 26.8 Å². The molecule has 2 aliphatic heterocycles. The molecule has 5 rings (SSSR count). The number of hydrogen-bond acceptors (Lipinski definition) is 3. The molecule has 152 valence electrons. The number of fused-ring (bicyclic) bond motifs is 1. The second-order valence-electron chi connectivity index (χ2n) is 9.17. The molecule has 1 saturated heterocycles. The molecule has 1 aromatic rings. The van der Waals surface area contributed by atoms with Crippen LogP contribution in [0.3, 0.4) is 0 Å². The molecular formula is C23H32FN3O. The number of nitrogens with zero attached hydrogens (tertiary/aromatic N) is 3. The average Bonchev–Trinajstić information content (AvgIpc) is 3.10. The minimum absolute atomic E-state index is 0.132. The lowest BCUT2D eigenvalue weighted by Crippen LogP contribution is -2.54. The molecule has 0 atom stereocenters. The molecule has 0 spiro atoms. The number of hydrogen-bond donors (Lipinski definition) is 0. The Hall–Kier alpha value is -1.62. The SMILES string of the molecule is O=C(C1CCC(N2CCc3cc(F)ccc32)CC1)N1CCN(C2CCC2)CC1. The standard InChI is InChI=1S/C23H32FN3O/c24-19-6-9-22-18(16-19)10-11-27(22)21-7-4-17(5-8-21)23(28)26-14-12-25(13-15-26)20-2-1-3-20/h6,9,16-17,20-21H,1-5,7-8,10-15H2. The number of benzene rings is 1. The molecule has 2 heterocycles. The van der Waals surface area contributed by atoms with Crippen LogP contribution in [0.5, 0.6) is 0 Å². The van der Waals surface area contributed by atoms with Crippen LogP contribution in [0, 0.1) is 11.7 Å². The fourth-order valence-electron chi connectivity index (χ4n) is 5.73. The van der Waals surface area contributed by atoms with Gasteiger partial charge in [0.1, 0.15) is 5.82 Å². The van der Waals surface area contributed by atoms with Gasteiger partial charge >= 0.3 is 0 Å². The van der Waals surface area contributed by atoms with E-state index in [0.29, 0.717) is 11.9 Å². The maximum absolute atomic E-state index is 13.5. The third-order valence-electron chi connectivity index (χ3n) is 7.68. The summed E-state index contributed by atoms with van der Waals surface area (Å²) in [6.07, 6.45) is 9.18. The number of carbonyl (C=O) groups excluding carboxylic acids is 1. The first-order chi connectivity index (χ1) is 13.7. The van der Waals surface area contributed by atoms with E-state index in [4.69, 9.17) is 0 Å². The third kappa shape index (κ3) is 3.42. The molecule has 0 unspecified atom stereocenters. The van der Waals surface area contributed by atoms with Crippen molar-refractivity contribution in [1.82, 2.24) is 9.80 Å². The monoisotopic (exact) mass is 385 g/mol. The Kier molecular flexibility index (Phi) is 5.04. The fourth-order valence-corrected chi connectivity index (χ4v) is 5.73. The van der Waals surface area contributed by atoms with Crippen LogP contribution < -0.4 is 4.90 Å². The molecule has 0 N–H and O–H groups in total. The highest BCUT2D eigenvalue weighted by molar-refractivity contribution is 5.79. The lowest BCUT2D eigenvalue weighted by Gasteiger charge is -2.44. The van der Waals surface area contributed by atoms with Crippen molar-refractivity contribution in [1.29, 1.82) is 0 Å². The molecule has 2 aliphatic carbocycles. The van der Waals surface area contributed by atoms with Gasteiger partial charge in [0.25, 0.3) is 0 Å². The van der Waals surface area contributed by atoms with E-state index < -0.39 is 0 Å². The zero-order chi connectivity index (χ0) is 19.1. The smallest absolute Gasteiger partial charge is 0.225 e. The van der Waals surface area contributed by atoms with Crippen molar-refractivity contribution in [3.8, 4) is 0 Å². The quantitative estimate of drug-likeness (QED) is 0.797. The summed E-state index contributed by atoms with van der Waals surface area (Å²) in [5, 5.41) is 0. The minimum Gasteiger partial charge on any atom is -0.368 e. The second-order valence-corrected chi connectivity index (χ2v) is 9.17. The molecule has 0 bridgehead atoms. The largest absolute Gasteiger partial charge is 0.368 e. The first-order valence-electron chi connectivity index (χ1n) is 11.3. The highest BCUT2D eigenvalue weighted by Gasteiger charge is 2.35. The Labute approximate surface area is 167 Å². The van der Waals surface area contributed by atoms with Gasteiger partial charge in [-0.1, -0.05) is 6.42 Å². The van der Waals surface area contributed by atoms with Gasteiger partial charge in [-0.25, -0.2) is 4.39 Å². The van der Waals surface area contributed by atoms with Gasteiger partial charge in [-0.2, -0.15) is 0 Å². The number of halogens is 1. The van der Waals surface area contributed by atoms with Crippen molar-refractivity contribution in [3.63, 3.8) is 0 Å². The Morgan fingerprint density at radius 2 is 1.64 bits per heavy atom. The Balaban J connectivity index is 1.13. The highest BCUT2D eigenvalue weighted by Crippen LogP contribution is 2.37. The zero-order valence-corrected chi connectivity index (χ0v) is 16.8. The van der Waals surface area contributed by atoms with Crippen molar-refractivity contribution in [2.45, 2.75) is 63.5 Å². The lowest BCUT2D eigenvalue weighted by atomic mass is 9.84. The van der Waals surface area contributed by atoms with E-state index in [1.807, 2.05) is 6.07 Å². The molecule has 0 radical (unpaired) electrons. The molecule has 1 aromatic carbocycles. The summed E-state index contributed by atoms with van der Waals surface area (Å²) in [4.78, 5) is 20.2. The average molecular weight is 386 g/mol. The summed E-state index contributed by atoms with van der Waals surface area (Å²) in [5.41, 5.74) is 2.35. The molecule has 28 heavy (non-hydrogen) atoms. The molecular weight excluding hydrogens is 353 g/mol. The van der Waals surface area contributed by atoms with Gasteiger partial charge in [0.2, 0.25) is 5.91 Å². The van der Waals surface area contributed by atoms with E-state index >= 15 is 0 Å². The van der Waals surface area contributed by atoms with E-state index in [2.05, 4.69) is 14.7 Å².